The van der Waals surface area contributed by atoms with Gasteiger partial charge in [0.05, 0.1) is 4.88 Å². The van der Waals surface area contributed by atoms with E-state index in [-0.39, 0.29) is 0 Å². The summed E-state index contributed by atoms with van der Waals surface area (Å²) in [6.45, 7) is 1.81. The van der Waals surface area contributed by atoms with Gasteiger partial charge in [0, 0.05) is 31.7 Å². The molecule has 3 heterocycles. The smallest absolute Gasteiger partial charge is 0.345 e. The minimum atomic E-state index is -0.891. The Morgan fingerprint density at radius 1 is 1.14 bits per heavy atom. The van der Waals surface area contributed by atoms with Crippen molar-refractivity contribution < 1.29 is 9.90 Å². The molecule has 0 radical (unpaired) electrons. The van der Waals surface area contributed by atoms with Gasteiger partial charge in [-0.1, -0.05) is 0 Å². The second-order valence-corrected chi connectivity index (χ2v) is 5.79. The minimum Gasteiger partial charge on any atom is -0.477 e. The van der Waals surface area contributed by atoms with Crippen molar-refractivity contribution in [1.29, 1.82) is 0 Å². The van der Waals surface area contributed by atoms with Gasteiger partial charge in [-0.2, -0.15) is 5.10 Å². The molecule has 0 bridgehead atoms. The zero-order valence-electron chi connectivity index (χ0n) is 11.3. The van der Waals surface area contributed by atoms with Crippen LogP contribution in [0.15, 0.2) is 48.9 Å². The molecule has 3 aromatic rings. The first-order valence-corrected chi connectivity index (χ1v) is 7.52. The van der Waals surface area contributed by atoms with Gasteiger partial charge >= 0.3 is 5.97 Å². The SMILES string of the molecule is O=C(O)c1ccc(-c2ccn(CCCn3cccc3)n2)s1. The van der Waals surface area contributed by atoms with Crippen LogP contribution >= 0.6 is 11.3 Å². The molecule has 0 amide bonds. The fourth-order valence-corrected chi connectivity index (χ4v) is 2.95. The number of hydrogen-bond acceptors (Lipinski definition) is 3. The first-order valence-electron chi connectivity index (χ1n) is 6.70. The summed E-state index contributed by atoms with van der Waals surface area (Å²) in [4.78, 5) is 12.1. The average Bonchev–Trinajstić information content (AvgIpc) is 3.20. The summed E-state index contributed by atoms with van der Waals surface area (Å²) in [6, 6.07) is 9.38. The van der Waals surface area contributed by atoms with E-state index < -0.39 is 5.97 Å². The predicted octanol–water partition coefficient (Wildman–Crippen LogP) is 3.20. The monoisotopic (exact) mass is 301 g/mol. The maximum absolute atomic E-state index is 10.9. The molecule has 0 aliphatic rings. The molecule has 0 unspecified atom stereocenters. The molecule has 0 aliphatic carbocycles. The van der Waals surface area contributed by atoms with Crippen LogP contribution in [0.3, 0.4) is 0 Å². The highest BCUT2D eigenvalue weighted by Gasteiger charge is 2.10. The highest BCUT2D eigenvalue weighted by Crippen LogP contribution is 2.26. The Morgan fingerprint density at radius 2 is 1.95 bits per heavy atom. The van der Waals surface area contributed by atoms with Gasteiger partial charge in [0.15, 0.2) is 0 Å². The molecule has 3 aromatic heterocycles. The van der Waals surface area contributed by atoms with Crippen LogP contribution in [0.2, 0.25) is 0 Å². The maximum Gasteiger partial charge on any atom is 0.345 e. The summed E-state index contributed by atoms with van der Waals surface area (Å²) in [6.07, 6.45) is 7.03. The summed E-state index contributed by atoms with van der Waals surface area (Å²) >= 11 is 1.25. The molecule has 21 heavy (non-hydrogen) atoms. The third-order valence-electron chi connectivity index (χ3n) is 3.18. The number of aromatic carboxylic acids is 1. The predicted molar refractivity (Wildman–Crippen MR) is 81.5 cm³/mol. The van der Waals surface area contributed by atoms with E-state index in [9.17, 15) is 4.79 Å². The molecule has 108 valence electrons. The Labute approximate surface area is 126 Å². The molecular weight excluding hydrogens is 286 g/mol. The average molecular weight is 301 g/mol. The Kier molecular flexibility index (Phi) is 3.87. The van der Waals surface area contributed by atoms with E-state index in [0.29, 0.717) is 4.88 Å². The van der Waals surface area contributed by atoms with Crippen LogP contribution < -0.4 is 0 Å². The van der Waals surface area contributed by atoms with Gasteiger partial charge in [0.1, 0.15) is 10.6 Å². The number of aromatic nitrogens is 3. The Bertz CT molecular complexity index is 728. The van der Waals surface area contributed by atoms with Crippen LogP contribution in [0.25, 0.3) is 10.6 Å². The fraction of sp³-hybridized carbons (Fsp3) is 0.200. The molecule has 5 nitrogen and oxygen atoms in total. The summed E-state index contributed by atoms with van der Waals surface area (Å²) in [7, 11) is 0. The van der Waals surface area contributed by atoms with E-state index in [0.717, 1.165) is 30.1 Å². The third kappa shape index (κ3) is 3.22. The molecule has 0 fully saturated rings. The zero-order valence-corrected chi connectivity index (χ0v) is 12.2. The van der Waals surface area contributed by atoms with E-state index >= 15 is 0 Å². The van der Waals surface area contributed by atoms with Crippen molar-refractivity contribution in [2.24, 2.45) is 0 Å². The summed E-state index contributed by atoms with van der Waals surface area (Å²) < 4.78 is 4.04. The first-order chi connectivity index (χ1) is 10.2. The Balaban J connectivity index is 1.61. The molecule has 6 heteroatoms. The van der Waals surface area contributed by atoms with Crippen LogP contribution in [0.1, 0.15) is 16.1 Å². The largest absolute Gasteiger partial charge is 0.477 e. The number of aryl methyl sites for hydroxylation is 2. The molecule has 0 saturated carbocycles. The van der Waals surface area contributed by atoms with Gasteiger partial charge in [-0.15, -0.1) is 11.3 Å². The molecule has 0 saturated heterocycles. The van der Waals surface area contributed by atoms with Gasteiger partial charge < -0.3 is 9.67 Å². The van der Waals surface area contributed by atoms with E-state index in [1.807, 2.05) is 41.5 Å². The van der Waals surface area contributed by atoms with Gasteiger partial charge in [0.2, 0.25) is 0 Å². The molecule has 0 aromatic carbocycles. The summed E-state index contributed by atoms with van der Waals surface area (Å²) in [5.41, 5.74) is 0.827. The standard InChI is InChI=1S/C15H15N3O2S/c19-15(20)14-5-4-13(21-14)12-6-11-18(16-12)10-3-9-17-7-1-2-8-17/h1-2,4-8,11H,3,9-10H2,(H,19,20). The molecule has 3 rings (SSSR count). The van der Waals surface area contributed by atoms with Crippen LogP contribution in [0, 0.1) is 0 Å². The topological polar surface area (TPSA) is 60.0 Å². The summed E-state index contributed by atoms with van der Waals surface area (Å²) in [5.74, 6) is -0.891. The number of carbonyl (C=O) groups is 1. The van der Waals surface area contributed by atoms with E-state index in [1.54, 1.807) is 12.1 Å². The number of carboxylic acids is 1. The zero-order chi connectivity index (χ0) is 14.7. The van der Waals surface area contributed by atoms with Crippen LogP contribution in [0.5, 0.6) is 0 Å². The number of hydrogen-bond donors (Lipinski definition) is 1. The third-order valence-corrected chi connectivity index (χ3v) is 4.28. The number of thiophene rings is 1. The van der Waals surface area contributed by atoms with Crippen LogP contribution in [-0.4, -0.2) is 25.4 Å². The lowest BCUT2D eigenvalue weighted by atomic mass is 10.3. The number of rotatable bonds is 6. The van der Waals surface area contributed by atoms with Crippen molar-refractivity contribution in [2.75, 3.05) is 0 Å². The normalized spacial score (nSPS) is 10.9. The number of nitrogens with zero attached hydrogens (tertiary/aromatic N) is 3. The molecule has 1 N–H and O–H groups in total. The second-order valence-electron chi connectivity index (χ2n) is 4.71. The van der Waals surface area contributed by atoms with Crippen LogP contribution in [-0.2, 0) is 13.1 Å². The molecule has 0 spiro atoms. The summed E-state index contributed by atoms with van der Waals surface area (Å²) in [5, 5.41) is 13.4. The van der Waals surface area contributed by atoms with Crippen molar-refractivity contribution in [2.45, 2.75) is 19.5 Å². The van der Waals surface area contributed by atoms with E-state index in [4.69, 9.17) is 5.11 Å². The van der Waals surface area contributed by atoms with Crippen LogP contribution in [0.4, 0.5) is 0 Å². The lowest BCUT2D eigenvalue weighted by Gasteiger charge is -2.03. The van der Waals surface area contributed by atoms with Gasteiger partial charge in [-0.3, -0.25) is 4.68 Å². The molecule has 0 atom stereocenters. The van der Waals surface area contributed by atoms with Gasteiger partial charge in [0.25, 0.3) is 0 Å². The quantitative estimate of drug-likeness (QED) is 0.760. The van der Waals surface area contributed by atoms with Crippen molar-refractivity contribution >= 4 is 17.3 Å². The highest BCUT2D eigenvalue weighted by atomic mass is 32.1. The minimum absolute atomic E-state index is 0.340. The first kappa shape index (κ1) is 13.6. The van der Waals surface area contributed by atoms with E-state index in [2.05, 4.69) is 9.67 Å². The van der Waals surface area contributed by atoms with Gasteiger partial charge in [-0.05, 0) is 36.8 Å². The van der Waals surface area contributed by atoms with Crippen molar-refractivity contribution in [3.05, 3.63) is 53.8 Å². The van der Waals surface area contributed by atoms with Crippen molar-refractivity contribution in [3.8, 4) is 10.6 Å². The molecule has 0 aliphatic heterocycles. The Hall–Kier alpha value is -2.34. The van der Waals surface area contributed by atoms with E-state index in [1.165, 1.54) is 11.3 Å². The van der Waals surface area contributed by atoms with Crippen molar-refractivity contribution in [3.63, 3.8) is 0 Å². The fourth-order valence-electron chi connectivity index (χ4n) is 2.14. The molecular formula is C15H15N3O2S. The lowest BCUT2D eigenvalue weighted by Crippen LogP contribution is -2.03. The second kappa shape index (κ2) is 5.97. The highest BCUT2D eigenvalue weighted by molar-refractivity contribution is 7.17. The number of carboxylic acid groups (broad SMARTS) is 1. The lowest BCUT2D eigenvalue weighted by molar-refractivity contribution is 0.0702. The van der Waals surface area contributed by atoms with Crippen molar-refractivity contribution in [1.82, 2.24) is 14.3 Å². The maximum atomic E-state index is 10.9. The Morgan fingerprint density at radius 3 is 2.67 bits per heavy atom. The van der Waals surface area contributed by atoms with Gasteiger partial charge in [-0.25, -0.2) is 4.79 Å².